The van der Waals surface area contributed by atoms with Crippen molar-refractivity contribution < 1.29 is 35.8 Å². The predicted octanol–water partition coefficient (Wildman–Crippen LogP) is 6.12. The molecule has 3 aliphatic heterocycles. The average molecular weight is 641 g/mol. The summed E-state index contributed by atoms with van der Waals surface area (Å²) in [6, 6.07) is 2.96. The number of methoxy groups -OCH3 is 1. The van der Waals surface area contributed by atoms with E-state index in [0.717, 1.165) is 42.5 Å². The fraction of sp³-hybridized carbons (Fsp3) is 0.483. The van der Waals surface area contributed by atoms with Gasteiger partial charge in [0.25, 0.3) is 0 Å². The number of halogens is 6. The quantitative estimate of drug-likeness (QED) is 0.258. The normalized spacial score (nSPS) is 23.6. The number of ether oxygens (including phenoxy) is 2. The molecule has 3 N–H and O–H groups in total. The van der Waals surface area contributed by atoms with Gasteiger partial charge in [-0.3, -0.25) is 4.90 Å². The zero-order chi connectivity index (χ0) is 31.3. The molecule has 2 unspecified atom stereocenters. The number of alkyl halides is 4. The van der Waals surface area contributed by atoms with Crippen molar-refractivity contribution >= 4 is 37.6 Å². The highest BCUT2D eigenvalue weighted by Gasteiger charge is 2.39. The first-order chi connectivity index (χ1) is 20.9. The maximum Gasteiger partial charge on any atom is 0.417 e. The van der Waals surface area contributed by atoms with Crippen LogP contribution in [-0.2, 0) is 6.18 Å². The number of nitrogens with one attached hydrogen (secondary N) is 1. The third-order valence-corrected chi connectivity index (χ3v) is 9.21. The van der Waals surface area contributed by atoms with Gasteiger partial charge < -0.3 is 20.5 Å². The predicted molar refractivity (Wildman–Crippen MR) is 155 cm³/mol. The number of fused-ring (bicyclic) bond motifs is 3. The number of nitrogens with zero attached hydrogens (tertiary/aromatic N) is 4. The average Bonchev–Trinajstić information content (AvgIpc) is 3.75. The van der Waals surface area contributed by atoms with Crippen LogP contribution in [0.25, 0.3) is 32.2 Å². The van der Waals surface area contributed by atoms with Gasteiger partial charge >= 0.3 is 12.2 Å². The standard InChI is InChI=1S/C22H18F5N5O2S.C7H12FN/c1-8-13(5-6-29-8)34-19-10-7-11(22(25,26)27)14(15(24)16(10)31-21(32-19)33-2)9-3-4-12(23)18-17(9)30-20(28)35-18;8-6-4-7-2-1-3-9(7)5-6/h3-4,7-8,13,29H,5-6H2,1-2H3,(H2,28,30);6-7H,1-5H2/t8-,13-;/m1./s1. The number of anilines is 1. The van der Waals surface area contributed by atoms with E-state index in [4.69, 9.17) is 15.2 Å². The molecule has 44 heavy (non-hydrogen) atoms. The SMILES string of the molecule is COc1nc(O[C@@H]2CCN[C@@H]2C)c2cc(C(F)(F)F)c(-c3ccc(F)c4sc(N)nc34)c(F)c2n1.FC1CC2CCCN2C1. The second-order valence-electron chi connectivity index (χ2n) is 11.2. The Morgan fingerprint density at radius 2 is 1.91 bits per heavy atom. The van der Waals surface area contributed by atoms with Crippen LogP contribution >= 0.6 is 11.3 Å². The van der Waals surface area contributed by atoms with Gasteiger partial charge in [0.05, 0.1) is 28.3 Å². The highest BCUT2D eigenvalue weighted by molar-refractivity contribution is 7.22. The Balaban J connectivity index is 0.000000323. The number of aromatic nitrogens is 3. The summed E-state index contributed by atoms with van der Waals surface area (Å²) >= 11 is 0.753. The third kappa shape index (κ3) is 5.72. The Kier molecular flexibility index (Phi) is 8.22. The Morgan fingerprint density at radius 3 is 2.59 bits per heavy atom. The van der Waals surface area contributed by atoms with Crippen LogP contribution in [0.5, 0.6) is 11.9 Å². The Morgan fingerprint density at radius 1 is 1.11 bits per heavy atom. The third-order valence-electron chi connectivity index (χ3n) is 8.32. The van der Waals surface area contributed by atoms with Crippen LogP contribution in [0, 0.1) is 11.6 Å². The first-order valence-corrected chi connectivity index (χ1v) is 15.0. The molecule has 4 atom stereocenters. The summed E-state index contributed by atoms with van der Waals surface area (Å²) in [5.74, 6) is -2.25. The summed E-state index contributed by atoms with van der Waals surface area (Å²) < 4.78 is 96.6. The lowest BCUT2D eigenvalue weighted by molar-refractivity contribution is -0.137. The first kappa shape index (κ1) is 30.6. The van der Waals surface area contributed by atoms with Crippen LogP contribution in [0.1, 0.15) is 38.2 Å². The van der Waals surface area contributed by atoms with E-state index in [1.165, 1.54) is 20.0 Å². The van der Waals surface area contributed by atoms with Gasteiger partial charge in [-0.25, -0.2) is 18.2 Å². The molecule has 0 bridgehead atoms. The lowest BCUT2D eigenvalue weighted by Crippen LogP contribution is -2.31. The molecule has 5 heterocycles. The summed E-state index contributed by atoms with van der Waals surface area (Å²) in [6.45, 7) is 4.36. The van der Waals surface area contributed by atoms with Crippen LogP contribution in [0.2, 0.25) is 0 Å². The number of nitrogens with two attached hydrogens (primary N) is 1. The zero-order valence-electron chi connectivity index (χ0n) is 23.8. The molecule has 3 fully saturated rings. The van der Waals surface area contributed by atoms with Gasteiger partial charge in [-0.05, 0) is 63.9 Å². The molecule has 8 nitrogen and oxygen atoms in total. The molecule has 0 saturated carbocycles. The Bertz CT molecular complexity index is 1690. The van der Waals surface area contributed by atoms with E-state index in [9.17, 15) is 22.0 Å². The molecule has 3 saturated heterocycles. The van der Waals surface area contributed by atoms with Crippen molar-refractivity contribution in [3.63, 3.8) is 0 Å². The largest absolute Gasteiger partial charge is 0.472 e. The van der Waals surface area contributed by atoms with E-state index in [1.807, 2.05) is 6.92 Å². The van der Waals surface area contributed by atoms with Gasteiger partial charge in [-0.15, -0.1) is 0 Å². The van der Waals surface area contributed by atoms with Gasteiger partial charge in [0, 0.05) is 29.8 Å². The van der Waals surface area contributed by atoms with Crippen LogP contribution in [0.4, 0.5) is 31.5 Å². The smallest absolute Gasteiger partial charge is 0.417 e. The minimum atomic E-state index is -4.98. The van der Waals surface area contributed by atoms with Gasteiger partial charge in [-0.1, -0.05) is 11.3 Å². The number of hydrogen-bond acceptors (Lipinski definition) is 9. The number of rotatable bonds is 4. The van der Waals surface area contributed by atoms with Gasteiger partial charge in [0.1, 0.15) is 23.6 Å². The monoisotopic (exact) mass is 640 g/mol. The second-order valence-corrected chi connectivity index (χ2v) is 12.2. The molecular formula is C29H30F6N6O2S. The van der Waals surface area contributed by atoms with Crippen molar-refractivity contribution in [1.29, 1.82) is 0 Å². The number of hydrogen-bond donors (Lipinski definition) is 2. The molecule has 7 rings (SSSR count). The minimum Gasteiger partial charge on any atom is -0.472 e. The Hall–Kier alpha value is -3.43. The van der Waals surface area contributed by atoms with Crippen LogP contribution in [0.3, 0.4) is 0 Å². The summed E-state index contributed by atoms with van der Waals surface area (Å²) in [5.41, 5.74) is 2.65. The van der Waals surface area contributed by atoms with Crippen molar-refractivity contribution in [3.05, 3.63) is 35.4 Å². The molecule has 2 aromatic heterocycles. The zero-order valence-corrected chi connectivity index (χ0v) is 24.7. The van der Waals surface area contributed by atoms with Crippen LogP contribution in [0.15, 0.2) is 18.2 Å². The van der Waals surface area contributed by atoms with Gasteiger partial charge in [0.2, 0.25) is 5.88 Å². The van der Waals surface area contributed by atoms with Crippen molar-refractivity contribution in [2.75, 3.05) is 32.5 Å². The summed E-state index contributed by atoms with van der Waals surface area (Å²) in [4.78, 5) is 14.3. The van der Waals surface area contributed by atoms with Crippen LogP contribution in [-0.4, -0.2) is 71.0 Å². The lowest BCUT2D eigenvalue weighted by Gasteiger charge is -2.20. The minimum absolute atomic E-state index is 0.0694. The number of nitrogen functional groups attached to an aromatic ring is 1. The Labute approximate surface area is 252 Å². The molecule has 15 heteroatoms. The molecule has 2 aromatic carbocycles. The fourth-order valence-electron chi connectivity index (χ4n) is 6.21. The van der Waals surface area contributed by atoms with Gasteiger partial charge in [-0.2, -0.15) is 23.1 Å². The van der Waals surface area contributed by atoms with Crippen molar-refractivity contribution in [2.24, 2.45) is 0 Å². The molecular weight excluding hydrogens is 610 g/mol. The summed E-state index contributed by atoms with van der Waals surface area (Å²) in [5, 5.41) is 2.83. The number of thiazole rings is 1. The molecule has 3 aliphatic rings. The molecule has 0 amide bonds. The lowest BCUT2D eigenvalue weighted by atomic mass is 9.95. The van der Waals surface area contributed by atoms with E-state index in [0.29, 0.717) is 25.6 Å². The van der Waals surface area contributed by atoms with E-state index in [2.05, 4.69) is 25.2 Å². The summed E-state index contributed by atoms with van der Waals surface area (Å²) in [7, 11) is 1.25. The maximum absolute atomic E-state index is 16.0. The molecule has 4 aromatic rings. The topological polar surface area (TPSA) is 98.4 Å². The highest BCUT2D eigenvalue weighted by Crippen LogP contribution is 2.46. The summed E-state index contributed by atoms with van der Waals surface area (Å²) in [6.07, 6.45) is -1.98. The number of benzene rings is 2. The first-order valence-electron chi connectivity index (χ1n) is 14.2. The van der Waals surface area contributed by atoms with Crippen molar-refractivity contribution in [3.8, 4) is 23.0 Å². The molecule has 0 spiro atoms. The maximum atomic E-state index is 16.0. The molecule has 0 aliphatic carbocycles. The van der Waals surface area contributed by atoms with E-state index >= 15 is 4.39 Å². The highest BCUT2D eigenvalue weighted by atomic mass is 32.1. The van der Waals surface area contributed by atoms with Crippen molar-refractivity contribution in [1.82, 2.24) is 25.2 Å². The van der Waals surface area contributed by atoms with Crippen LogP contribution < -0.4 is 20.5 Å². The van der Waals surface area contributed by atoms with E-state index in [-0.39, 0.29) is 44.2 Å². The molecule has 0 radical (unpaired) electrons. The fourth-order valence-corrected chi connectivity index (χ4v) is 6.97. The van der Waals surface area contributed by atoms with E-state index in [1.54, 1.807) is 0 Å². The van der Waals surface area contributed by atoms with Crippen molar-refractivity contribution in [2.45, 2.75) is 63.1 Å². The second kappa shape index (κ2) is 11.8. The molecule has 236 valence electrons. The van der Waals surface area contributed by atoms with E-state index < -0.39 is 46.7 Å². The van der Waals surface area contributed by atoms with Gasteiger partial charge in [0.15, 0.2) is 10.9 Å².